The van der Waals surface area contributed by atoms with Crippen molar-refractivity contribution < 1.29 is 4.79 Å². The standard InChI is InChI=1S/C16H17N9OS/c17-15-21-12-11(18-9-19-12)13(22-15)23-2-1-3-24(5-4-23)14(26)10-8-25-6-7-27-16(25)20-10/h6-9H,1-5H2,(H3,17,18,19,21,22). The number of nitrogen functional groups attached to an aromatic ring is 1. The van der Waals surface area contributed by atoms with Gasteiger partial charge in [0.05, 0.1) is 6.33 Å². The summed E-state index contributed by atoms with van der Waals surface area (Å²) in [7, 11) is 0. The van der Waals surface area contributed by atoms with Crippen LogP contribution in [0.4, 0.5) is 11.8 Å². The van der Waals surface area contributed by atoms with Crippen LogP contribution >= 0.6 is 11.3 Å². The molecule has 0 aromatic carbocycles. The fourth-order valence-corrected chi connectivity index (χ4v) is 4.09. The Hall–Kier alpha value is -3.21. The molecule has 4 aromatic rings. The number of hydrogen-bond donors (Lipinski definition) is 2. The number of nitrogens with zero attached hydrogens (tertiary/aromatic N) is 7. The molecule has 0 bridgehead atoms. The number of aromatic nitrogens is 6. The molecule has 0 unspecified atom stereocenters. The van der Waals surface area contributed by atoms with E-state index in [-0.39, 0.29) is 11.9 Å². The van der Waals surface area contributed by atoms with Crippen LogP contribution < -0.4 is 10.6 Å². The van der Waals surface area contributed by atoms with Crippen LogP contribution in [0.2, 0.25) is 0 Å². The van der Waals surface area contributed by atoms with Gasteiger partial charge in [-0.15, -0.1) is 11.3 Å². The lowest BCUT2D eigenvalue weighted by Crippen LogP contribution is -2.35. The minimum atomic E-state index is -0.0401. The van der Waals surface area contributed by atoms with Crippen molar-refractivity contribution in [1.82, 2.24) is 34.2 Å². The fraction of sp³-hybridized carbons (Fsp3) is 0.312. The zero-order valence-corrected chi connectivity index (χ0v) is 15.2. The van der Waals surface area contributed by atoms with Crippen molar-refractivity contribution in [3.05, 3.63) is 29.8 Å². The first-order valence-electron chi connectivity index (χ1n) is 8.62. The van der Waals surface area contributed by atoms with Crippen LogP contribution in [0.15, 0.2) is 24.1 Å². The molecular weight excluding hydrogens is 366 g/mol. The van der Waals surface area contributed by atoms with E-state index >= 15 is 0 Å². The first-order valence-corrected chi connectivity index (χ1v) is 9.50. The second-order valence-corrected chi connectivity index (χ2v) is 7.23. The van der Waals surface area contributed by atoms with Crippen LogP contribution in [0, 0.1) is 0 Å². The highest BCUT2D eigenvalue weighted by atomic mass is 32.1. The van der Waals surface area contributed by atoms with Gasteiger partial charge in [0.1, 0.15) is 11.2 Å². The van der Waals surface area contributed by atoms with E-state index in [9.17, 15) is 4.79 Å². The van der Waals surface area contributed by atoms with Gasteiger partial charge in [-0.1, -0.05) is 0 Å². The van der Waals surface area contributed by atoms with Gasteiger partial charge in [0.25, 0.3) is 5.91 Å². The van der Waals surface area contributed by atoms with E-state index in [1.807, 2.05) is 20.9 Å². The smallest absolute Gasteiger partial charge is 0.274 e. The van der Waals surface area contributed by atoms with Crippen molar-refractivity contribution in [2.75, 3.05) is 36.8 Å². The average molecular weight is 383 g/mol. The Kier molecular flexibility index (Phi) is 3.67. The van der Waals surface area contributed by atoms with Crippen LogP contribution in [0.3, 0.4) is 0 Å². The van der Waals surface area contributed by atoms with Crippen molar-refractivity contribution in [3.8, 4) is 0 Å². The summed E-state index contributed by atoms with van der Waals surface area (Å²) in [5.41, 5.74) is 7.63. The molecule has 10 nitrogen and oxygen atoms in total. The number of H-pyrrole nitrogens is 1. The number of carbonyl (C=O) groups excluding carboxylic acids is 1. The Morgan fingerprint density at radius 3 is 3.00 bits per heavy atom. The third-order valence-corrected chi connectivity index (χ3v) is 5.45. The molecule has 3 N–H and O–H groups in total. The normalized spacial score (nSPS) is 15.6. The van der Waals surface area contributed by atoms with E-state index in [1.54, 1.807) is 12.5 Å². The lowest BCUT2D eigenvalue weighted by atomic mass is 10.3. The molecule has 138 valence electrons. The van der Waals surface area contributed by atoms with Gasteiger partial charge >= 0.3 is 0 Å². The molecule has 1 aliphatic heterocycles. The number of carbonyl (C=O) groups is 1. The van der Waals surface area contributed by atoms with Gasteiger partial charge in [0, 0.05) is 44.0 Å². The van der Waals surface area contributed by atoms with E-state index < -0.39 is 0 Å². The Morgan fingerprint density at radius 2 is 2.11 bits per heavy atom. The van der Waals surface area contributed by atoms with E-state index in [0.29, 0.717) is 31.0 Å². The molecule has 1 amide bonds. The molecule has 1 aliphatic rings. The summed E-state index contributed by atoms with van der Waals surface area (Å²) in [6, 6.07) is 0. The number of amides is 1. The zero-order valence-electron chi connectivity index (χ0n) is 14.4. The van der Waals surface area contributed by atoms with Crippen LogP contribution in [0.5, 0.6) is 0 Å². The van der Waals surface area contributed by atoms with Crippen molar-refractivity contribution in [2.45, 2.75) is 6.42 Å². The number of nitrogens with two attached hydrogens (primary N) is 1. The number of thiazole rings is 1. The zero-order chi connectivity index (χ0) is 18.4. The molecule has 4 aromatic heterocycles. The van der Waals surface area contributed by atoms with Gasteiger partial charge in [-0.25, -0.2) is 9.97 Å². The number of anilines is 2. The molecule has 11 heteroatoms. The molecule has 1 saturated heterocycles. The summed E-state index contributed by atoms with van der Waals surface area (Å²) in [5.74, 6) is 0.883. The molecule has 5 heterocycles. The minimum absolute atomic E-state index is 0.0401. The molecule has 0 atom stereocenters. The highest BCUT2D eigenvalue weighted by Gasteiger charge is 2.24. The Morgan fingerprint density at radius 1 is 1.19 bits per heavy atom. The molecule has 5 rings (SSSR count). The van der Waals surface area contributed by atoms with E-state index in [0.717, 1.165) is 29.3 Å². The third-order valence-electron chi connectivity index (χ3n) is 4.68. The van der Waals surface area contributed by atoms with Gasteiger partial charge in [0.2, 0.25) is 5.95 Å². The Labute approximate surface area is 157 Å². The Balaban J connectivity index is 1.37. The van der Waals surface area contributed by atoms with Crippen LogP contribution in [0.25, 0.3) is 16.1 Å². The number of hydrogen-bond acceptors (Lipinski definition) is 8. The average Bonchev–Trinajstić information content (AvgIpc) is 3.32. The summed E-state index contributed by atoms with van der Waals surface area (Å²) in [5, 5.41) is 1.95. The lowest BCUT2D eigenvalue weighted by Gasteiger charge is -2.22. The molecule has 27 heavy (non-hydrogen) atoms. The van der Waals surface area contributed by atoms with Gasteiger partial charge < -0.3 is 20.5 Å². The quantitative estimate of drug-likeness (QED) is 0.529. The minimum Gasteiger partial charge on any atom is -0.368 e. The van der Waals surface area contributed by atoms with Crippen LogP contribution in [-0.4, -0.2) is 66.3 Å². The van der Waals surface area contributed by atoms with Crippen molar-refractivity contribution in [3.63, 3.8) is 0 Å². The van der Waals surface area contributed by atoms with Gasteiger partial charge in [0.15, 0.2) is 16.4 Å². The van der Waals surface area contributed by atoms with Gasteiger partial charge in [-0.2, -0.15) is 9.97 Å². The first kappa shape index (κ1) is 16.0. The summed E-state index contributed by atoms with van der Waals surface area (Å²) in [6.07, 6.45) is 6.10. The topological polar surface area (TPSA) is 121 Å². The van der Waals surface area contributed by atoms with Crippen LogP contribution in [-0.2, 0) is 0 Å². The highest BCUT2D eigenvalue weighted by molar-refractivity contribution is 7.15. The summed E-state index contributed by atoms with van der Waals surface area (Å²) < 4.78 is 1.88. The summed E-state index contributed by atoms with van der Waals surface area (Å²) in [6.45, 7) is 2.68. The SMILES string of the molecule is Nc1nc(N2CCCN(C(=O)c3cn4ccsc4n3)CC2)c2[nH]cnc2n1. The van der Waals surface area contributed by atoms with Gasteiger partial charge in [-0.05, 0) is 6.42 Å². The van der Waals surface area contributed by atoms with Gasteiger partial charge in [-0.3, -0.25) is 9.20 Å². The second kappa shape index (κ2) is 6.20. The van der Waals surface area contributed by atoms with Crippen molar-refractivity contribution in [2.24, 2.45) is 0 Å². The molecule has 0 radical (unpaired) electrons. The predicted octanol–water partition coefficient (Wildman–Crippen LogP) is 0.997. The third kappa shape index (κ3) is 2.76. The Bertz CT molecular complexity index is 1100. The molecule has 0 saturated carbocycles. The summed E-state index contributed by atoms with van der Waals surface area (Å²) >= 11 is 1.51. The maximum Gasteiger partial charge on any atom is 0.274 e. The monoisotopic (exact) mass is 383 g/mol. The summed E-state index contributed by atoms with van der Waals surface area (Å²) in [4.78, 5) is 37.9. The predicted molar refractivity (Wildman–Crippen MR) is 102 cm³/mol. The molecule has 1 fully saturated rings. The number of aromatic amines is 1. The fourth-order valence-electron chi connectivity index (χ4n) is 3.39. The van der Waals surface area contributed by atoms with E-state index in [2.05, 4.69) is 29.8 Å². The number of imidazole rings is 2. The number of nitrogens with one attached hydrogen (secondary N) is 1. The largest absolute Gasteiger partial charge is 0.368 e. The first-order chi connectivity index (χ1) is 13.2. The highest BCUT2D eigenvalue weighted by Crippen LogP contribution is 2.23. The number of fused-ring (bicyclic) bond motifs is 2. The molecule has 0 aliphatic carbocycles. The van der Waals surface area contributed by atoms with E-state index in [1.165, 1.54) is 11.3 Å². The lowest BCUT2D eigenvalue weighted by molar-refractivity contribution is 0.0762. The van der Waals surface area contributed by atoms with Crippen molar-refractivity contribution in [1.29, 1.82) is 0 Å². The van der Waals surface area contributed by atoms with Crippen molar-refractivity contribution >= 4 is 45.1 Å². The molecular formula is C16H17N9OS. The second-order valence-electron chi connectivity index (χ2n) is 6.36. The maximum atomic E-state index is 12.9. The number of rotatable bonds is 2. The maximum absolute atomic E-state index is 12.9. The molecule has 0 spiro atoms. The van der Waals surface area contributed by atoms with E-state index in [4.69, 9.17) is 5.73 Å². The van der Waals surface area contributed by atoms with Crippen LogP contribution in [0.1, 0.15) is 16.9 Å².